The lowest BCUT2D eigenvalue weighted by Crippen LogP contribution is -2.31. The number of aromatic nitrogens is 1. The quantitative estimate of drug-likeness (QED) is 0.210. The van der Waals surface area contributed by atoms with E-state index in [1.165, 1.54) is 20.4 Å². The maximum absolute atomic E-state index is 15.7. The van der Waals surface area contributed by atoms with E-state index in [1.54, 1.807) is 23.6 Å². The minimum absolute atomic E-state index is 0.0702. The van der Waals surface area contributed by atoms with Crippen LogP contribution in [-0.2, 0) is 16.6 Å². The number of benzene rings is 3. The predicted octanol–water partition coefficient (Wildman–Crippen LogP) is 6.06. The summed E-state index contributed by atoms with van der Waals surface area (Å²) >= 11 is 7.69. The van der Waals surface area contributed by atoms with Gasteiger partial charge < -0.3 is 19.7 Å². The molecule has 0 spiro atoms. The van der Waals surface area contributed by atoms with Gasteiger partial charge in [0.1, 0.15) is 22.2 Å². The number of ether oxygens (including phenoxy) is 2. The summed E-state index contributed by atoms with van der Waals surface area (Å²) in [7, 11) is 2.43. The number of halogens is 2. The molecule has 3 aromatic carbocycles. The van der Waals surface area contributed by atoms with Crippen molar-refractivity contribution in [1.29, 1.82) is 0 Å². The third-order valence-electron chi connectivity index (χ3n) is 6.11. The first-order valence-corrected chi connectivity index (χ1v) is 14.9. The number of likely N-dealkylation sites (N-methyl/N-ethyl adjacent to an activating group) is 1. The van der Waals surface area contributed by atoms with Crippen LogP contribution in [0.4, 0.5) is 15.2 Å². The first-order valence-electron chi connectivity index (χ1n) is 12.2. The summed E-state index contributed by atoms with van der Waals surface area (Å²) in [5.41, 5.74) is 1.81. The summed E-state index contributed by atoms with van der Waals surface area (Å²) in [5.74, 6) is 0.0297. The number of nitrogens with one attached hydrogen (secondary N) is 1. The fourth-order valence-electron chi connectivity index (χ4n) is 4.16. The number of nitrogens with zero attached hydrogens (tertiary/aromatic N) is 3. The van der Waals surface area contributed by atoms with Crippen LogP contribution >= 0.6 is 22.9 Å². The molecule has 0 aliphatic carbocycles. The Hall–Kier alpha value is -3.38. The minimum atomic E-state index is -4.43. The van der Waals surface area contributed by atoms with E-state index in [1.807, 2.05) is 49.3 Å². The molecule has 0 amide bonds. The molecule has 1 atom stereocenters. The fourth-order valence-corrected chi connectivity index (χ4v) is 6.78. The van der Waals surface area contributed by atoms with Gasteiger partial charge in [0.25, 0.3) is 10.0 Å². The molecule has 1 unspecified atom stereocenters. The highest BCUT2D eigenvalue weighted by atomic mass is 35.5. The molecule has 0 saturated carbocycles. The van der Waals surface area contributed by atoms with Crippen LogP contribution in [0.1, 0.15) is 17.2 Å². The van der Waals surface area contributed by atoms with Gasteiger partial charge in [0, 0.05) is 29.8 Å². The largest absolute Gasteiger partial charge is 0.497 e. The lowest BCUT2D eigenvalue weighted by molar-refractivity contribution is 0.387. The summed E-state index contributed by atoms with van der Waals surface area (Å²) in [4.78, 5) is 5.62. The molecule has 212 valence electrons. The Kier molecular flexibility index (Phi) is 9.52. The van der Waals surface area contributed by atoms with E-state index < -0.39 is 20.7 Å². The Balaban J connectivity index is 1.71. The molecule has 12 heteroatoms. The van der Waals surface area contributed by atoms with Crippen LogP contribution < -0.4 is 19.1 Å². The summed E-state index contributed by atoms with van der Waals surface area (Å²) in [6.45, 7) is 0.447. The van der Waals surface area contributed by atoms with Crippen molar-refractivity contribution in [2.75, 3.05) is 44.5 Å². The van der Waals surface area contributed by atoms with Crippen LogP contribution in [0.25, 0.3) is 0 Å². The Morgan fingerprint density at radius 1 is 1.07 bits per heavy atom. The van der Waals surface area contributed by atoms with Gasteiger partial charge in [-0.3, -0.25) is 0 Å². The van der Waals surface area contributed by atoms with Crippen molar-refractivity contribution in [2.24, 2.45) is 0 Å². The van der Waals surface area contributed by atoms with Crippen molar-refractivity contribution in [3.05, 3.63) is 94.2 Å². The average molecular weight is 605 g/mol. The van der Waals surface area contributed by atoms with E-state index in [2.05, 4.69) is 10.3 Å². The Bertz CT molecular complexity index is 1540. The van der Waals surface area contributed by atoms with Crippen LogP contribution in [0.5, 0.6) is 11.5 Å². The maximum atomic E-state index is 15.7. The lowest BCUT2D eigenvalue weighted by Gasteiger charge is -2.26. The van der Waals surface area contributed by atoms with Gasteiger partial charge >= 0.3 is 0 Å². The van der Waals surface area contributed by atoms with E-state index in [-0.39, 0.29) is 28.4 Å². The number of hydrogen-bond acceptors (Lipinski definition) is 8. The average Bonchev–Trinajstić information content (AvgIpc) is 3.47. The number of sulfonamides is 1. The van der Waals surface area contributed by atoms with Gasteiger partial charge in [-0.1, -0.05) is 41.9 Å². The Morgan fingerprint density at radius 3 is 2.45 bits per heavy atom. The monoisotopic (exact) mass is 604 g/mol. The molecule has 1 aromatic heterocycles. The first-order chi connectivity index (χ1) is 19.1. The first kappa shape index (κ1) is 29.6. The molecular weight excluding hydrogens is 575 g/mol. The molecule has 1 heterocycles. The molecule has 8 nitrogen and oxygen atoms in total. The van der Waals surface area contributed by atoms with Gasteiger partial charge in [0.2, 0.25) is 0 Å². The lowest BCUT2D eigenvalue weighted by atomic mass is 10.1. The van der Waals surface area contributed by atoms with E-state index >= 15 is 4.39 Å². The summed E-state index contributed by atoms with van der Waals surface area (Å²) in [6.07, 6.45) is 1.48. The van der Waals surface area contributed by atoms with Gasteiger partial charge in [0.15, 0.2) is 5.13 Å². The van der Waals surface area contributed by atoms with Crippen LogP contribution in [0.15, 0.2) is 77.1 Å². The second kappa shape index (κ2) is 12.9. The van der Waals surface area contributed by atoms with Crippen molar-refractivity contribution in [3.63, 3.8) is 0 Å². The zero-order valence-corrected chi connectivity index (χ0v) is 24.9. The normalized spacial score (nSPS) is 12.3. The van der Waals surface area contributed by atoms with Gasteiger partial charge in [-0.25, -0.2) is 22.1 Å². The number of methoxy groups -OCH3 is 2. The molecule has 1 N–H and O–H groups in total. The maximum Gasteiger partial charge on any atom is 0.269 e. The van der Waals surface area contributed by atoms with Gasteiger partial charge in [-0.15, -0.1) is 11.3 Å². The number of anilines is 2. The molecule has 0 radical (unpaired) electrons. The Morgan fingerprint density at radius 2 is 1.82 bits per heavy atom. The molecule has 0 aliphatic rings. The molecule has 4 aromatic rings. The fraction of sp³-hybridized carbons (Fsp3) is 0.250. The standard InChI is InChI=1S/C28H30ClFN4O4S2/c1-33(2)18-25(19-8-6-5-7-9-19)32-24-16-23(30)27(15-22(24)29)40(35,36)34(28-31-12-13-39-28)17-20-10-11-21(37-3)14-26(20)38-4/h5-16,25,32H,17-18H2,1-4H3. The Labute approximate surface area is 243 Å². The van der Waals surface area contributed by atoms with Crippen molar-refractivity contribution >= 4 is 43.8 Å². The second-order valence-electron chi connectivity index (χ2n) is 9.14. The number of thiazole rings is 1. The van der Waals surface area contributed by atoms with Crippen LogP contribution in [0.2, 0.25) is 5.02 Å². The van der Waals surface area contributed by atoms with Crippen molar-refractivity contribution in [3.8, 4) is 11.5 Å². The zero-order valence-electron chi connectivity index (χ0n) is 22.5. The predicted molar refractivity (Wildman–Crippen MR) is 158 cm³/mol. The highest BCUT2D eigenvalue weighted by Crippen LogP contribution is 2.36. The van der Waals surface area contributed by atoms with Crippen molar-refractivity contribution in [1.82, 2.24) is 9.88 Å². The molecule has 0 aliphatic heterocycles. The van der Waals surface area contributed by atoms with Crippen LogP contribution in [0.3, 0.4) is 0 Å². The SMILES string of the molecule is COc1ccc(CN(c2nccs2)S(=O)(=O)c2cc(Cl)c(NC(CN(C)C)c3ccccc3)cc2F)c(OC)c1. The third-order valence-corrected chi connectivity index (χ3v) is 9.08. The molecule has 0 bridgehead atoms. The van der Waals surface area contributed by atoms with E-state index in [9.17, 15) is 8.42 Å². The molecular formula is C28H30ClFN4O4S2. The molecule has 0 fully saturated rings. The van der Waals surface area contributed by atoms with Gasteiger partial charge in [-0.2, -0.15) is 0 Å². The van der Waals surface area contributed by atoms with E-state index in [0.29, 0.717) is 23.6 Å². The highest BCUT2D eigenvalue weighted by molar-refractivity contribution is 7.93. The van der Waals surface area contributed by atoms with Gasteiger partial charge in [-0.05, 0) is 43.9 Å². The number of hydrogen-bond donors (Lipinski definition) is 1. The molecule has 40 heavy (non-hydrogen) atoms. The van der Waals surface area contributed by atoms with Crippen LogP contribution in [-0.4, -0.2) is 53.2 Å². The van der Waals surface area contributed by atoms with Crippen molar-refractivity contribution in [2.45, 2.75) is 17.5 Å². The molecule has 0 saturated heterocycles. The van der Waals surface area contributed by atoms with Crippen molar-refractivity contribution < 1.29 is 22.3 Å². The van der Waals surface area contributed by atoms with Gasteiger partial charge in [0.05, 0.1) is 37.5 Å². The highest BCUT2D eigenvalue weighted by Gasteiger charge is 2.32. The minimum Gasteiger partial charge on any atom is -0.497 e. The zero-order chi connectivity index (χ0) is 28.9. The smallest absolute Gasteiger partial charge is 0.269 e. The third kappa shape index (κ3) is 6.67. The topological polar surface area (TPSA) is 84.0 Å². The summed E-state index contributed by atoms with van der Waals surface area (Å²) in [6, 6.07) is 16.8. The summed E-state index contributed by atoms with van der Waals surface area (Å²) < 4.78 is 55.3. The number of rotatable bonds is 12. The summed E-state index contributed by atoms with van der Waals surface area (Å²) in [5, 5.41) is 5.17. The van der Waals surface area contributed by atoms with E-state index in [4.69, 9.17) is 21.1 Å². The van der Waals surface area contributed by atoms with E-state index in [0.717, 1.165) is 33.3 Å². The molecule has 4 rings (SSSR count). The second-order valence-corrected chi connectivity index (χ2v) is 12.2. The van der Waals surface area contributed by atoms with Crippen LogP contribution in [0, 0.1) is 5.82 Å².